The maximum absolute atomic E-state index is 13.0. The lowest BCUT2D eigenvalue weighted by atomic mass is 10.2. The molecule has 0 amide bonds. The number of rotatable bonds is 3. The molecule has 1 aromatic heterocycles. The van der Waals surface area contributed by atoms with Crippen molar-refractivity contribution in [1.82, 2.24) is 9.55 Å². The summed E-state index contributed by atoms with van der Waals surface area (Å²) in [6.07, 6.45) is 9.87. The van der Waals surface area contributed by atoms with Crippen LogP contribution in [0.5, 0.6) is 0 Å². The van der Waals surface area contributed by atoms with Crippen molar-refractivity contribution in [3.63, 3.8) is 0 Å². The fraction of sp³-hybridized carbons (Fsp3) is 0.556. The minimum absolute atomic E-state index is 0.165. The van der Waals surface area contributed by atoms with Crippen LogP contribution in [0.25, 0.3) is 10.9 Å². The van der Waals surface area contributed by atoms with Crippen LogP contribution < -0.4 is 5.56 Å². The molecule has 0 saturated heterocycles. The standard InChI is InChI=1S/C18H22N2OS/c21-17-15-11-5-6-12-16(15)19-18(22-14-9-3-4-10-14)20(17)13-7-1-2-8-13/h5-6,11-14H,1-4,7-10H2. The molecule has 2 saturated carbocycles. The van der Waals surface area contributed by atoms with E-state index in [2.05, 4.69) is 0 Å². The second kappa shape index (κ2) is 6.07. The van der Waals surface area contributed by atoms with E-state index >= 15 is 0 Å². The maximum atomic E-state index is 13.0. The lowest BCUT2D eigenvalue weighted by Crippen LogP contribution is -2.27. The van der Waals surface area contributed by atoms with E-state index in [-0.39, 0.29) is 5.56 Å². The third-order valence-corrected chi connectivity index (χ3v) is 6.34. The van der Waals surface area contributed by atoms with Crippen LogP contribution in [-0.4, -0.2) is 14.8 Å². The molecule has 4 rings (SSSR count). The van der Waals surface area contributed by atoms with E-state index in [4.69, 9.17) is 4.98 Å². The fourth-order valence-electron chi connectivity index (χ4n) is 3.85. The summed E-state index contributed by atoms with van der Waals surface area (Å²) >= 11 is 1.85. The zero-order valence-electron chi connectivity index (χ0n) is 12.8. The zero-order valence-corrected chi connectivity index (χ0v) is 13.6. The highest BCUT2D eigenvalue weighted by Crippen LogP contribution is 2.37. The molecule has 0 unspecified atom stereocenters. The number of hydrogen-bond donors (Lipinski definition) is 0. The number of para-hydroxylation sites is 1. The van der Waals surface area contributed by atoms with Gasteiger partial charge in [0, 0.05) is 11.3 Å². The Morgan fingerprint density at radius 1 is 1.00 bits per heavy atom. The summed E-state index contributed by atoms with van der Waals surface area (Å²) in [5.74, 6) is 0. The summed E-state index contributed by atoms with van der Waals surface area (Å²) in [6.45, 7) is 0. The molecule has 2 fully saturated rings. The predicted molar refractivity (Wildman–Crippen MR) is 91.6 cm³/mol. The first-order chi connectivity index (χ1) is 10.8. The molecule has 0 bridgehead atoms. The summed E-state index contributed by atoms with van der Waals surface area (Å²) in [4.78, 5) is 17.9. The molecule has 2 aliphatic rings. The molecule has 0 atom stereocenters. The van der Waals surface area contributed by atoms with Gasteiger partial charge in [-0.2, -0.15) is 0 Å². The second-order valence-corrected chi connectivity index (χ2v) is 7.82. The van der Waals surface area contributed by atoms with Crippen molar-refractivity contribution in [2.75, 3.05) is 0 Å². The molecule has 3 nitrogen and oxygen atoms in total. The molecular formula is C18H22N2OS. The van der Waals surface area contributed by atoms with Crippen molar-refractivity contribution in [2.24, 2.45) is 0 Å². The smallest absolute Gasteiger partial charge is 0.262 e. The third kappa shape index (κ3) is 2.58. The normalized spacial score (nSPS) is 20.2. The van der Waals surface area contributed by atoms with Crippen LogP contribution in [-0.2, 0) is 0 Å². The Hall–Kier alpha value is -1.29. The monoisotopic (exact) mass is 314 g/mol. The minimum Gasteiger partial charge on any atom is -0.284 e. The largest absolute Gasteiger partial charge is 0.284 e. The van der Waals surface area contributed by atoms with Gasteiger partial charge >= 0.3 is 0 Å². The van der Waals surface area contributed by atoms with Crippen molar-refractivity contribution in [3.8, 4) is 0 Å². The summed E-state index contributed by atoms with van der Waals surface area (Å²) in [5.41, 5.74) is 1.01. The second-order valence-electron chi connectivity index (χ2n) is 6.55. The van der Waals surface area contributed by atoms with Gasteiger partial charge in [0.05, 0.1) is 10.9 Å². The van der Waals surface area contributed by atoms with E-state index < -0.39 is 0 Å². The van der Waals surface area contributed by atoms with Gasteiger partial charge in [0.1, 0.15) is 0 Å². The van der Waals surface area contributed by atoms with E-state index in [0.29, 0.717) is 11.3 Å². The number of benzene rings is 1. The third-order valence-electron chi connectivity index (χ3n) is 5.04. The van der Waals surface area contributed by atoms with Crippen LogP contribution in [0.4, 0.5) is 0 Å². The number of thioether (sulfide) groups is 1. The average Bonchev–Trinajstić information content (AvgIpc) is 3.21. The van der Waals surface area contributed by atoms with E-state index in [9.17, 15) is 4.79 Å². The lowest BCUT2D eigenvalue weighted by molar-refractivity contribution is 0.457. The highest BCUT2D eigenvalue weighted by molar-refractivity contribution is 7.99. The van der Waals surface area contributed by atoms with Gasteiger partial charge < -0.3 is 0 Å². The molecule has 2 aliphatic carbocycles. The molecular weight excluding hydrogens is 292 g/mol. The van der Waals surface area contributed by atoms with Gasteiger partial charge in [-0.15, -0.1) is 0 Å². The molecule has 0 radical (unpaired) electrons. The van der Waals surface area contributed by atoms with Crippen molar-refractivity contribution < 1.29 is 0 Å². The van der Waals surface area contributed by atoms with Gasteiger partial charge in [0.25, 0.3) is 5.56 Å². The highest BCUT2D eigenvalue weighted by atomic mass is 32.2. The minimum atomic E-state index is 0.165. The van der Waals surface area contributed by atoms with Gasteiger partial charge in [0.15, 0.2) is 5.16 Å². The Bertz CT molecular complexity index is 727. The van der Waals surface area contributed by atoms with Crippen LogP contribution in [0.1, 0.15) is 57.4 Å². The first-order valence-electron chi connectivity index (χ1n) is 8.51. The van der Waals surface area contributed by atoms with Crippen molar-refractivity contribution in [2.45, 2.75) is 67.8 Å². The van der Waals surface area contributed by atoms with Gasteiger partial charge in [-0.3, -0.25) is 9.36 Å². The Kier molecular flexibility index (Phi) is 3.95. The van der Waals surface area contributed by atoms with Crippen LogP contribution in [0.2, 0.25) is 0 Å². The Morgan fingerprint density at radius 2 is 1.68 bits per heavy atom. The average molecular weight is 314 g/mol. The molecule has 22 heavy (non-hydrogen) atoms. The summed E-state index contributed by atoms with van der Waals surface area (Å²) in [5, 5.41) is 2.37. The molecule has 2 aromatic rings. The molecule has 116 valence electrons. The first-order valence-corrected chi connectivity index (χ1v) is 9.39. The van der Waals surface area contributed by atoms with Gasteiger partial charge in [-0.05, 0) is 37.8 Å². The number of aromatic nitrogens is 2. The summed E-state index contributed by atoms with van der Waals surface area (Å²) in [7, 11) is 0. The van der Waals surface area contributed by atoms with Crippen molar-refractivity contribution >= 4 is 22.7 Å². The van der Waals surface area contributed by atoms with E-state index in [0.717, 1.165) is 28.9 Å². The topological polar surface area (TPSA) is 34.9 Å². The van der Waals surface area contributed by atoms with E-state index in [1.165, 1.54) is 38.5 Å². The Balaban J connectivity index is 1.83. The predicted octanol–water partition coefficient (Wildman–Crippen LogP) is 4.55. The Morgan fingerprint density at radius 3 is 2.45 bits per heavy atom. The molecule has 4 heteroatoms. The van der Waals surface area contributed by atoms with Crippen molar-refractivity contribution in [1.29, 1.82) is 0 Å². The first kappa shape index (κ1) is 14.3. The number of hydrogen-bond acceptors (Lipinski definition) is 3. The van der Waals surface area contributed by atoms with Gasteiger partial charge in [0.2, 0.25) is 0 Å². The maximum Gasteiger partial charge on any atom is 0.262 e. The Labute approximate surface area is 135 Å². The molecule has 0 aliphatic heterocycles. The van der Waals surface area contributed by atoms with Gasteiger partial charge in [-0.1, -0.05) is 49.6 Å². The molecule has 1 heterocycles. The van der Waals surface area contributed by atoms with Crippen LogP contribution >= 0.6 is 11.8 Å². The summed E-state index contributed by atoms with van der Waals surface area (Å²) in [6, 6.07) is 8.15. The molecule has 1 aromatic carbocycles. The highest BCUT2D eigenvalue weighted by Gasteiger charge is 2.25. The van der Waals surface area contributed by atoms with Crippen molar-refractivity contribution in [3.05, 3.63) is 34.6 Å². The van der Waals surface area contributed by atoms with Crippen LogP contribution in [0.15, 0.2) is 34.2 Å². The lowest BCUT2D eigenvalue weighted by Gasteiger charge is -2.20. The van der Waals surface area contributed by atoms with Crippen LogP contribution in [0, 0.1) is 0 Å². The fourth-order valence-corrected chi connectivity index (χ4v) is 5.21. The van der Waals surface area contributed by atoms with Gasteiger partial charge in [-0.25, -0.2) is 4.98 Å². The quantitative estimate of drug-likeness (QED) is 0.780. The SMILES string of the molecule is O=c1c2ccccc2nc(SC2CCCC2)n1C1CCCC1. The van der Waals surface area contributed by atoms with E-state index in [1.807, 2.05) is 40.6 Å². The molecule has 0 N–H and O–H groups in total. The van der Waals surface area contributed by atoms with E-state index in [1.54, 1.807) is 0 Å². The zero-order chi connectivity index (χ0) is 14.9. The summed E-state index contributed by atoms with van der Waals surface area (Å²) < 4.78 is 2.03. The molecule has 0 spiro atoms. The number of fused-ring (bicyclic) bond motifs is 1. The number of nitrogens with zero attached hydrogens (tertiary/aromatic N) is 2. The van der Waals surface area contributed by atoms with Crippen LogP contribution in [0.3, 0.4) is 0 Å².